The van der Waals surface area contributed by atoms with Gasteiger partial charge < -0.3 is 25.5 Å². The summed E-state index contributed by atoms with van der Waals surface area (Å²) in [6.45, 7) is 0.322. The minimum absolute atomic E-state index is 0.187. The van der Waals surface area contributed by atoms with Gasteiger partial charge in [-0.3, -0.25) is 9.98 Å². The molecule has 5 N–H and O–H groups in total. The monoisotopic (exact) mass is 338 g/mol. The van der Waals surface area contributed by atoms with E-state index in [4.69, 9.17) is 20.4 Å². The molecule has 1 aromatic carbocycles. The number of aliphatic carboxylic acids is 2. The van der Waals surface area contributed by atoms with Crippen molar-refractivity contribution in [3.8, 4) is 5.75 Å². The molecule has 1 aromatic rings. The lowest BCUT2D eigenvalue weighted by Crippen LogP contribution is -2.22. The Labute approximate surface area is 137 Å². The van der Waals surface area contributed by atoms with E-state index in [2.05, 4.69) is 9.98 Å². The van der Waals surface area contributed by atoms with E-state index in [1.807, 2.05) is 0 Å². The van der Waals surface area contributed by atoms with Crippen molar-refractivity contribution >= 4 is 24.4 Å². The molecule has 0 spiro atoms. The van der Waals surface area contributed by atoms with Crippen molar-refractivity contribution in [1.82, 2.24) is 0 Å². The quantitative estimate of drug-likeness (QED) is 0.397. The van der Waals surface area contributed by atoms with Crippen LogP contribution in [-0.4, -0.2) is 75.2 Å². The zero-order valence-corrected chi connectivity index (χ0v) is 12.8. The minimum Gasteiger partial charge on any atom is -0.507 e. The van der Waals surface area contributed by atoms with Crippen molar-refractivity contribution in [2.75, 3.05) is 13.2 Å². The Morgan fingerprint density at radius 3 is 1.67 bits per heavy atom. The van der Waals surface area contributed by atoms with Crippen LogP contribution in [0.5, 0.6) is 5.75 Å². The molecule has 0 radical (unpaired) electrons. The lowest BCUT2D eigenvalue weighted by Gasteiger charge is -2.08. The molecule has 1 rings (SSSR count). The minimum atomic E-state index is -1.35. The second-order valence-electron chi connectivity index (χ2n) is 4.92. The number of rotatable bonds is 8. The molecule has 9 heteroatoms. The summed E-state index contributed by atoms with van der Waals surface area (Å²) in [5.74, 6) is -2.90. The zero-order valence-electron chi connectivity index (χ0n) is 12.8. The highest BCUT2D eigenvalue weighted by Gasteiger charge is 2.15. The number of phenols is 1. The van der Waals surface area contributed by atoms with Gasteiger partial charge in [0.2, 0.25) is 0 Å². The average molecular weight is 338 g/mol. The van der Waals surface area contributed by atoms with Crippen molar-refractivity contribution in [1.29, 1.82) is 0 Å². The van der Waals surface area contributed by atoms with Crippen LogP contribution in [0.4, 0.5) is 0 Å². The zero-order chi connectivity index (χ0) is 18.3. The number of aliphatic hydroxyl groups excluding tert-OH is 2. The first kappa shape index (κ1) is 19.3. The highest BCUT2D eigenvalue weighted by Crippen LogP contribution is 2.22. The predicted molar refractivity (Wildman–Crippen MR) is 85.1 cm³/mol. The SMILES string of the molecule is Cc1cc(C=N[C@@H](CO)C(=O)O)c(O)c(C=N[C@@H](CO)C(=O)O)c1. The smallest absolute Gasteiger partial charge is 0.330 e. The number of carbonyl (C=O) groups is 2. The number of aryl methyl sites for hydroxylation is 1. The van der Waals surface area contributed by atoms with Gasteiger partial charge in [-0.15, -0.1) is 0 Å². The van der Waals surface area contributed by atoms with Crippen LogP contribution in [0.15, 0.2) is 22.1 Å². The standard InChI is InChI=1S/C15H18N2O7/c1-8-2-9(4-16-11(6-18)14(21)22)13(20)10(3-8)5-17-12(7-19)15(23)24/h2-5,11-12,18-20H,6-7H2,1H3,(H,21,22)(H,23,24)/t11-,12-/m0/s1. The Hall–Kier alpha value is -2.78. The summed E-state index contributed by atoms with van der Waals surface area (Å²) in [6, 6.07) is 0.362. The number of carboxylic acids is 2. The first-order valence-electron chi connectivity index (χ1n) is 6.87. The van der Waals surface area contributed by atoms with Crippen LogP contribution < -0.4 is 0 Å². The van der Waals surface area contributed by atoms with Crippen molar-refractivity contribution in [2.45, 2.75) is 19.0 Å². The molecule has 9 nitrogen and oxygen atoms in total. The third-order valence-electron chi connectivity index (χ3n) is 3.02. The fraction of sp³-hybridized carbons (Fsp3) is 0.333. The van der Waals surface area contributed by atoms with Gasteiger partial charge in [0.25, 0.3) is 0 Å². The molecule has 0 saturated carbocycles. The largest absolute Gasteiger partial charge is 0.507 e. The van der Waals surface area contributed by atoms with Crippen LogP contribution in [0.25, 0.3) is 0 Å². The van der Waals surface area contributed by atoms with Gasteiger partial charge in [0.05, 0.1) is 13.2 Å². The highest BCUT2D eigenvalue weighted by molar-refractivity contribution is 5.93. The molecule has 0 bridgehead atoms. The topological polar surface area (TPSA) is 160 Å². The number of hydrogen-bond acceptors (Lipinski definition) is 7. The van der Waals surface area contributed by atoms with Gasteiger partial charge in [-0.2, -0.15) is 0 Å². The van der Waals surface area contributed by atoms with Crippen molar-refractivity contribution in [3.05, 3.63) is 28.8 Å². The normalized spacial score (nSPS) is 14.1. The van der Waals surface area contributed by atoms with Crippen LogP contribution in [0, 0.1) is 6.92 Å². The predicted octanol–water partition coefficient (Wildman–Crippen LogP) is -0.571. The van der Waals surface area contributed by atoms with Crippen molar-refractivity contribution in [2.24, 2.45) is 9.98 Å². The molecule has 130 valence electrons. The molecular formula is C15H18N2O7. The molecule has 0 unspecified atom stereocenters. The Morgan fingerprint density at radius 2 is 1.38 bits per heavy atom. The molecule has 0 amide bonds. The molecule has 0 aliphatic carbocycles. The van der Waals surface area contributed by atoms with E-state index in [9.17, 15) is 14.7 Å². The average Bonchev–Trinajstić information content (AvgIpc) is 2.51. The van der Waals surface area contributed by atoms with Gasteiger partial charge in [-0.05, 0) is 24.6 Å². The Kier molecular flexibility index (Phi) is 7.02. The number of aromatic hydroxyl groups is 1. The second kappa shape index (κ2) is 8.75. The highest BCUT2D eigenvalue weighted by atomic mass is 16.4. The summed E-state index contributed by atoms with van der Waals surface area (Å²) in [5, 5.41) is 45.6. The number of carboxylic acid groups (broad SMARTS) is 2. The number of aliphatic imine (C=N–C) groups is 2. The fourth-order valence-electron chi connectivity index (χ4n) is 1.75. The van der Waals surface area contributed by atoms with Gasteiger partial charge in [-0.25, -0.2) is 9.59 Å². The van der Waals surface area contributed by atoms with Gasteiger partial charge in [-0.1, -0.05) is 0 Å². The maximum Gasteiger partial charge on any atom is 0.330 e. The molecule has 0 aliphatic heterocycles. The van der Waals surface area contributed by atoms with Crippen LogP contribution in [-0.2, 0) is 9.59 Å². The molecular weight excluding hydrogens is 320 g/mol. The van der Waals surface area contributed by atoms with E-state index in [1.165, 1.54) is 12.1 Å². The van der Waals surface area contributed by atoms with E-state index in [-0.39, 0.29) is 16.9 Å². The van der Waals surface area contributed by atoms with Gasteiger partial charge in [0, 0.05) is 23.6 Å². The summed E-state index contributed by atoms with van der Waals surface area (Å²) in [4.78, 5) is 29.0. The number of aliphatic hydroxyl groups is 2. The van der Waals surface area contributed by atoms with Crippen molar-refractivity contribution < 1.29 is 35.1 Å². The summed E-state index contributed by atoms with van der Waals surface area (Å²) in [7, 11) is 0. The van der Waals surface area contributed by atoms with Crippen LogP contribution in [0.1, 0.15) is 16.7 Å². The van der Waals surface area contributed by atoms with E-state index < -0.39 is 37.2 Å². The number of benzene rings is 1. The first-order chi connectivity index (χ1) is 11.3. The second-order valence-corrected chi connectivity index (χ2v) is 4.92. The van der Waals surface area contributed by atoms with Crippen LogP contribution in [0.3, 0.4) is 0 Å². The van der Waals surface area contributed by atoms with Gasteiger partial charge in [0.15, 0.2) is 12.1 Å². The number of nitrogens with zero attached hydrogens (tertiary/aromatic N) is 2. The molecule has 24 heavy (non-hydrogen) atoms. The van der Waals surface area contributed by atoms with Crippen LogP contribution in [0.2, 0.25) is 0 Å². The van der Waals surface area contributed by atoms with E-state index in [0.29, 0.717) is 5.56 Å². The van der Waals surface area contributed by atoms with Crippen LogP contribution >= 0.6 is 0 Å². The Bertz CT molecular complexity index is 617. The molecule has 0 saturated heterocycles. The fourth-order valence-corrected chi connectivity index (χ4v) is 1.75. The maximum absolute atomic E-state index is 10.8. The van der Waals surface area contributed by atoms with Gasteiger partial charge >= 0.3 is 11.9 Å². The summed E-state index contributed by atoms with van der Waals surface area (Å²) in [5.41, 5.74) is 1.06. The van der Waals surface area contributed by atoms with Crippen molar-refractivity contribution in [3.63, 3.8) is 0 Å². The maximum atomic E-state index is 10.8. The van der Waals surface area contributed by atoms with E-state index in [0.717, 1.165) is 12.4 Å². The summed E-state index contributed by atoms with van der Waals surface area (Å²) in [6.07, 6.45) is 2.21. The van der Waals surface area contributed by atoms with Gasteiger partial charge in [0.1, 0.15) is 5.75 Å². The third kappa shape index (κ3) is 5.14. The number of hydrogen-bond donors (Lipinski definition) is 5. The molecule has 2 atom stereocenters. The molecule has 0 fully saturated rings. The molecule has 0 aromatic heterocycles. The lowest BCUT2D eigenvalue weighted by atomic mass is 10.1. The first-order valence-corrected chi connectivity index (χ1v) is 6.87. The third-order valence-corrected chi connectivity index (χ3v) is 3.02. The number of phenolic OH excluding ortho intramolecular Hbond substituents is 1. The van der Waals surface area contributed by atoms with E-state index >= 15 is 0 Å². The summed E-state index contributed by atoms with van der Waals surface area (Å²) < 4.78 is 0. The molecule has 0 heterocycles. The molecule has 0 aliphatic rings. The Morgan fingerprint density at radius 1 is 1.00 bits per heavy atom. The lowest BCUT2D eigenvalue weighted by molar-refractivity contribution is -0.140. The summed E-state index contributed by atoms with van der Waals surface area (Å²) >= 11 is 0. The Balaban J connectivity index is 3.16. The van der Waals surface area contributed by atoms with E-state index in [1.54, 1.807) is 6.92 Å².